The maximum Gasteiger partial charge on any atom is 0.123 e. The Morgan fingerprint density at radius 2 is 1.94 bits per heavy atom. The number of likely N-dealkylation sites (tertiary alicyclic amines) is 1. The van der Waals surface area contributed by atoms with Gasteiger partial charge in [-0.15, -0.1) is 0 Å². The van der Waals surface area contributed by atoms with Gasteiger partial charge in [0.25, 0.3) is 0 Å². The van der Waals surface area contributed by atoms with Crippen LogP contribution in [0.25, 0.3) is 0 Å². The van der Waals surface area contributed by atoms with Gasteiger partial charge in [0.1, 0.15) is 5.82 Å². The molecule has 2 heteroatoms. The van der Waals surface area contributed by atoms with Gasteiger partial charge in [0.05, 0.1) is 0 Å². The van der Waals surface area contributed by atoms with Crippen LogP contribution in [0, 0.1) is 23.6 Å². The van der Waals surface area contributed by atoms with Gasteiger partial charge in [-0.2, -0.15) is 0 Å². The highest BCUT2D eigenvalue weighted by molar-refractivity contribution is 5.34. The van der Waals surface area contributed by atoms with Crippen LogP contribution in [0.1, 0.15) is 25.8 Å². The lowest BCUT2D eigenvalue weighted by atomic mass is 9.95. The molecule has 0 aromatic heterocycles. The number of halogens is 1. The zero-order valence-corrected chi connectivity index (χ0v) is 10.4. The van der Waals surface area contributed by atoms with Crippen molar-refractivity contribution in [3.8, 4) is 11.8 Å². The minimum absolute atomic E-state index is 0.206. The van der Waals surface area contributed by atoms with Crippen molar-refractivity contribution in [2.45, 2.75) is 26.3 Å². The summed E-state index contributed by atoms with van der Waals surface area (Å²) < 4.78 is 12.7. The van der Waals surface area contributed by atoms with Crippen LogP contribution in [-0.4, -0.2) is 24.0 Å². The fourth-order valence-electron chi connectivity index (χ4n) is 1.99. The predicted molar refractivity (Wildman–Crippen MR) is 68.1 cm³/mol. The molecule has 0 bridgehead atoms. The monoisotopic (exact) mass is 231 g/mol. The molecule has 1 aliphatic heterocycles. The van der Waals surface area contributed by atoms with Gasteiger partial charge in [0.2, 0.25) is 0 Å². The summed E-state index contributed by atoms with van der Waals surface area (Å²) in [6.07, 6.45) is 0.945. The largest absolute Gasteiger partial charge is 0.300 e. The van der Waals surface area contributed by atoms with E-state index in [1.54, 1.807) is 12.1 Å². The third-order valence-electron chi connectivity index (χ3n) is 3.18. The van der Waals surface area contributed by atoms with E-state index in [-0.39, 0.29) is 5.82 Å². The lowest BCUT2D eigenvalue weighted by molar-refractivity contribution is 0.0709. The van der Waals surface area contributed by atoms with Crippen molar-refractivity contribution >= 4 is 0 Å². The Kier molecular flexibility index (Phi) is 3.81. The fraction of sp³-hybridized carbons (Fsp3) is 0.467. The number of hydrogen-bond acceptors (Lipinski definition) is 1. The number of benzene rings is 1. The molecule has 0 amide bonds. The SMILES string of the molecule is CC(C)N1CC(CC#Cc2ccc(F)cc2)C1. The van der Waals surface area contributed by atoms with Crippen LogP contribution in [0.3, 0.4) is 0 Å². The Labute approximate surface area is 103 Å². The second-order valence-electron chi connectivity index (χ2n) is 4.93. The Balaban J connectivity index is 1.78. The molecule has 1 aromatic rings. The molecule has 1 nitrogen and oxygen atoms in total. The van der Waals surface area contributed by atoms with E-state index < -0.39 is 0 Å². The maximum atomic E-state index is 12.7. The van der Waals surface area contributed by atoms with Crippen LogP contribution in [0.2, 0.25) is 0 Å². The van der Waals surface area contributed by atoms with Crippen LogP contribution in [0.4, 0.5) is 4.39 Å². The van der Waals surface area contributed by atoms with Crippen molar-refractivity contribution in [3.05, 3.63) is 35.6 Å². The summed E-state index contributed by atoms with van der Waals surface area (Å²) in [5.74, 6) is 6.77. The zero-order valence-electron chi connectivity index (χ0n) is 10.4. The molecule has 0 radical (unpaired) electrons. The van der Waals surface area contributed by atoms with E-state index in [1.807, 2.05) is 0 Å². The van der Waals surface area contributed by atoms with Gasteiger partial charge in [-0.3, -0.25) is 0 Å². The Bertz CT molecular complexity index is 418. The van der Waals surface area contributed by atoms with Crippen molar-refractivity contribution in [2.24, 2.45) is 5.92 Å². The Morgan fingerprint density at radius 3 is 2.53 bits per heavy atom. The lowest BCUT2D eigenvalue weighted by Crippen LogP contribution is -2.49. The van der Waals surface area contributed by atoms with Crippen LogP contribution in [-0.2, 0) is 0 Å². The molecule has 17 heavy (non-hydrogen) atoms. The summed E-state index contributed by atoms with van der Waals surface area (Å²) in [6, 6.07) is 7.01. The zero-order chi connectivity index (χ0) is 12.3. The molecule has 1 heterocycles. The molecule has 0 atom stereocenters. The van der Waals surface area contributed by atoms with Crippen LogP contribution in [0.5, 0.6) is 0 Å². The van der Waals surface area contributed by atoms with E-state index in [0.717, 1.165) is 25.1 Å². The van der Waals surface area contributed by atoms with Crippen molar-refractivity contribution in [1.82, 2.24) is 4.90 Å². The van der Waals surface area contributed by atoms with Gasteiger partial charge in [-0.1, -0.05) is 11.8 Å². The van der Waals surface area contributed by atoms with E-state index in [2.05, 4.69) is 30.6 Å². The number of nitrogens with zero attached hydrogens (tertiary/aromatic N) is 1. The first-order valence-electron chi connectivity index (χ1n) is 6.13. The molecule has 2 rings (SSSR count). The molecule has 1 aromatic carbocycles. The molecule has 0 aliphatic carbocycles. The van der Waals surface area contributed by atoms with Crippen molar-refractivity contribution < 1.29 is 4.39 Å². The van der Waals surface area contributed by atoms with E-state index in [9.17, 15) is 4.39 Å². The Hall–Kier alpha value is -1.33. The molecule has 0 N–H and O–H groups in total. The highest BCUT2D eigenvalue weighted by Gasteiger charge is 2.27. The molecule has 90 valence electrons. The van der Waals surface area contributed by atoms with Crippen molar-refractivity contribution in [2.75, 3.05) is 13.1 Å². The number of rotatable bonds is 2. The third kappa shape index (κ3) is 3.31. The quantitative estimate of drug-likeness (QED) is 0.707. The smallest absolute Gasteiger partial charge is 0.123 e. The van der Waals surface area contributed by atoms with Crippen molar-refractivity contribution in [3.63, 3.8) is 0 Å². The van der Waals surface area contributed by atoms with Gasteiger partial charge in [0, 0.05) is 31.1 Å². The second-order valence-corrected chi connectivity index (χ2v) is 4.93. The summed E-state index contributed by atoms with van der Waals surface area (Å²) in [6.45, 7) is 6.77. The van der Waals surface area contributed by atoms with Gasteiger partial charge in [-0.25, -0.2) is 4.39 Å². The average Bonchev–Trinajstić information content (AvgIpc) is 2.23. The molecule has 0 saturated carbocycles. The molecule has 0 spiro atoms. The van der Waals surface area contributed by atoms with Gasteiger partial charge >= 0.3 is 0 Å². The van der Waals surface area contributed by atoms with Crippen molar-refractivity contribution in [1.29, 1.82) is 0 Å². The van der Waals surface area contributed by atoms with Gasteiger partial charge in [0.15, 0.2) is 0 Å². The highest BCUT2D eigenvalue weighted by Crippen LogP contribution is 2.20. The average molecular weight is 231 g/mol. The topological polar surface area (TPSA) is 3.24 Å². The first-order valence-corrected chi connectivity index (χ1v) is 6.13. The van der Waals surface area contributed by atoms with Crippen LogP contribution >= 0.6 is 0 Å². The third-order valence-corrected chi connectivity index (χ3v) is 3.18. The standard InChI is InChI=1S/C15H18FN/c1-12(2)17-10-14(11-17)5-3-4-13-6-8-15(16)9-7-13/h6-9,12,14H,5,10-11H2,1-2H3. The minimum atomic E-state index is -0.206. The molecule has 1 saturated heterocycles. The molecule has 1 aliphatic rings. The first-order chi connectivity index (χ1) is 8.15. The summed E-state index contributed by atoms with van der Waals surface area (Å²) >= 11 is 0. The van der Waals surface area contributed by atoms with E-state index in [0.29, 0.717) is 12.0 Å². The predicted octanol–water partition coefficient (Wildman–Crippen LogP) is 2.91. The molecular formula is C15H18FN. The van der Waals surface area contributed by atoms with Crippen LogP contribution < -0.4 is 0 Å². The minimum Gasteiger partial charge on any atom is -0.300 e. The lowest BCUT2D eigenvalue weighted by Gasteiger charge is -2.41. The van der Waals surface area contributed by atoms with Gasteiger partial charge in [-0.05, 0) is 44.0 Å². The summed E-state index contributed by atoms with van der Waals surface area (Å²) in [5, 5.41) is 0. The molecule has 1 fully saturated rings. The Morgan fingerprint density at radius 1 is 1.29 bits per heavy atom. The number of hydrogen-bond donors (Lipinski definition) is 0. The first kappa shape index (κ1) is 12.1. The maximum absolute atomic E-state index is 12.7. The second kappa shape index (κ2) is 5.33. The van der Waals surface area contributed by atoms with E-state index in [4.69, 9.17) is 0 Å². The molecule has 0 unspecified atom stereocenters. The fourth-order valence-corrected chi connectivity index (χ4v) is 1.99. The highest BCUT2D eigenvalue weighted by atomic mass is 19.1. The van der Waals surface area contributed by atoms with Gasteiger partial charge < -0.3 is 4.90 Å². The van der Waals surface area contributed by atoms with E-state index in [1.165, 1.54) is 12.1 Å². The van der Waals surface area contributed by atoms with E-state index >= 15 is 0 Å². The molecular weight excluding hydrogens is 213 g/mol. The van der Waals surface area contributed by atoms with Crippen LogP contribution in [0.15, 0.2) is 24.3 Å². The summed E-state index contributed by atoms with van der Waals surface area (Å²) in [5.41, 5.74) is 0.895. The normalized spacial score (nSPS) is 16.5. The summed E-state index contributed by atoms with van der Waals surface area (Å²) in [4.78, 5) is 2.45. The summed E-state index contributed by atoms with van der Waals surface area (Å²) in [7, 11) is 0.